The molecule has 0 spiro atoms. The van der Waals surface area contributed by atoms with Gasteiger partial charge in [-0.2, -0.15) is 0 Å². The van der Waals surface area contributed by atoms with E-state index in [1.165, 1.54) is 4.90 Å². The molecular weight excluding hydrogens is 424 g/mol. The molecule has 0 saturated heterocycles. The zero-order chi connectivity index (χ0) is 24.2. The number of benzene rings is 3. The Morgan fingerprint density at radius 3 is 2.24 bits per heavy atom. The van der Waals surface area contributed by atoms with Gasteiger partial charge in [0.2, 0.25) is 0 Å². The first-order chi connectivity index (χ1) is 16.3. The second-order valence-electron chi connectivity index (χ2n) is 8.81. The van der Waals surface area contributed by atoms with Crippen molar-refractivity contribution in [1.82, 2.24) is 4.90 Å². The van der Waals surface area contributed by atoms with Gasteiger partial charge in [0.25, 0.3) is 11.8 Å². The summed E-state index contributed by atoms with van der Waals surface area (Å²) in [5, 5.41) is 3.29. The van der Waals surface area contributed by atoms with E-state index in [0.29, 0.717) is 29.8 Å². The SMILES string of the molecule is Cc1cccc(NC2=C(c3ccc(OC(C)C)cc3)C(=O)N(CCc3ccccc3)C2=O)c1C. The molecule has 1 aliphatic rings. The third kappa shape index (κ3) is 4.88. The lowest BCUT2D eigenvalue weighted by atomic mass is 10.0. The molecule has 34 heavy (non-hydrogen) atoms. The molecule has 174 valence electrons. The van der Waals surface area contributed by atoms with Crippen LogP contribution >= 0.6 is 0 Å². The molecule has 3 aromatic rings. The van der Waals surface area contributed by atoms with Gasteiger partial charge in [-0.25, -0.2) is 0 Å². The summed E-state index contributed by atoms with van der Waals surface area (Å²) >= 11 is 0. The number of aryl methyl sites for hydroxylation is 1. The van der Waals surface area contributed by atoms with Crippen LogP contribution in [0.1, 0.15) is 36.1 Å². The fourth-order valence-electron chi connectivity index (χ4n) is 4.04. The molecule has 1 N–H and O–H groups in total. The van der Waals surface area contributed by atoms with E-state index in [-0.39, 0.29) is 17.9 Å². The van der Waals surface area contributed by atoms with Crippen LogP contribution in [0.3, 0.4) is 0 Å². The van der Waals surface area contributed by atoms with E-state index in [1.807, 2.05) is 100 Å². The molecule has 4 rings (SSSR count). The van der Waals surface area contributed by atoms with Crippen molar-refractivity contribution in [3.63, 3.8) is 0 Å². The average molecular weight is 455 g/mol. The smallest absolute Gasteiger partial charge is 0.278 e. The highest BCUT2D eigenvalue weighted by Gasteiger charge is 2.39. The number of ether oxygens (including phenoxy) is 1. The van der Waals surface area contributed by atoms with Crippen LogP contribution in [0.15, 0.2) is 78.5 Å². The van der Waals surface area contributed by atoms with E-state index in [2.05, 4.69) is 5.32 Å². The van der Waals surface area contributed by atoms with Crippen LogP contribution in [-0.2, 0) is 16.0 Å². The molecule has 0 radical (unpaired) electrons. The van der Waals surface area contributed by atoms with Crippen molar-refractivity contribution < 1.29 is 14.3 Å². The Morgan fingerprint density at radius 2 is 1.56 bits per heavy atom. The van der Waals surface area contributed by atoms with Crippen molar-refractivity contribution in [2.24, 2.45) is 0 Å². The Morgan fingerprint density at radius 1 is 0.853 bits per heavy atom. The summed E-state index contributed by atoms with van der Waals surface area (Å²) in [5.74, 6) is 0.131. The van der Waals surface area contributed by atoms with Crippen LogP contribution < -0.4 is 10.1 Å². The van der Waals surface area contributed by atoms with Gasteiger partial charge < -0.3 is 10.1 Å². The predicted octanol–water partition coefficient (Wildman–Crippen LogP) is 5.53. The lowest BCUT2D eigenvalue weighted by Crippen LogP contribution is -2.34. The molecule has 0 aliphatic carbocycles. The van der Waals surface area contributed by atoms with Crippen LogP contribution in [0.5, 0.6) is 5.75 Å². The Kier molecular flexibility index (Phi) is 6.82. The molecule has 0 fully saturated rings. The topological polar surface area (TPSA) is 58.6 Å². The van der Waals surface area contributed by atoms with Gasteiger partial charge >= 0.3 is 0 Å². The fraction of sp³-hybridized carbons (Fsp3) is 0.241. The quantitative estimate of drug-likeness (QED) is 0.455. The third-order valence-electron chi connectivity index (χ3n) is 6.01. The van der Waals surface area contributed by atoms with Crippen LogP contribution in [0.2, 0.25) is 0 Å². The third-order valence-corrected chi connectivity index (χ3v) is 6.01. The number of amides is 2. The van der Waals surface area contributed by atoms with Gasteiger partial charge in [-0.15, -0.1) is 0 Å². The highest BCUT2D eigenvalue weighted by atomic mass is 16.5. The molecule has 0 saturated carbocycles. The minimum absolute atomic E-state index is 0.0507. The number of nitrogens with one attached hydrogen (secondary N) is 1. The summed E-state index contributed by atoms with van der Waals surface area (Å²) in [4.78, 5) is 28.4. The van der Waals surface area contributed by atoms with Gasteiger partial charge in [-0.3, -0.25) is 14.5 Å². The Balaban J connectivity index is 1.69. The van der Waals surface area contributed by atoms with E-state index in [9.17, 15) is 9.59 Å². The summed E-state index contributed by atoms with van der Waals surface area (Å²) < 4.78 is 5.75. The van der Waals surface area contributed by atoms with Crippen molar-refractivity contribution in [3.05, 3.63) is 101 Å². The van der Waals surface area contributed by atoms with E-state index in [1.54, 1.807) is 0 Å². The van der Waals surface area contributed by atoms with Crippen molar-refractivity contribution in [3.8, 4) is 5.75 Å². The molecular formula is C29H30N2O3. The predicted molar refractivity (Wildman–Crippen MR) is 136 cm³/mol. The zero-order valence-electron chi connectivity index (χ0n) is 20.1. The number of carbonyl (C=O) groups excluding carboxylic acids is 2. The molecule has 5 heteroatoms. The Labute approximate surface area is 201 Å². The fourth-order valence-corrected chi connectivity index (χ4v) is 4.04. The van der Waals surface area contributed by atoms with Gasteiger partial charge in [0, 0.05) is 12.2 Å². The summed E-state index contributed by atoms with van der Waals surface area (Å²) in [7, 11) is 0. The number of rotatable bonds is 8. The van der Waals surface area contributed by atoms with Crippen LogP contribution in [-0.4, -0.2) is 29.4 Å². The summed E-state index contributed by atoms with van der Waals surface area (Å²) in [6.45, 7) is 8.28. The first-order valence-electron chi connectivity index (χ1n) is 11.6. The molecule has 0 atom stereocenters. The lowest BCUT2D eigenvalue weighted by Gasteiger charge is -2.16. The number of hydrogen-bond acceptors (Lipinski definition) is 4. The molecule has 0 aromatic heterocycles. The number of nitrogens with zero attached hydrogens (tertiary/aromatic N) is 1. The van der Waals surface area contributed by atoms with Crippen LogP contribution in [0, 0.1) is 13.8 Å². The Bertz CT molecular complexity index is 1230. The largest absolute Gasteiger partial charge is 0.491 e. The minimum Gasteiger partial charge on any atom is -0.491 e. The molecule has 1 heterocycles. The second-order valence-corrected chi connectivity index (χ2v) is 8.81. The maximum atomic E-state index is 13.5. The van der Waals surface area contributed by atoms with Crippen LogP contribution in [0.4, 0.5) is 5.69 Å². The Hall–Kier alpha value is -3.86. The maximum Gasteiger partial charge on any atom is 0.278 e. The summed E-state index contributed by atoms with van der Waals surface area (Å²) in [5.41, 5.74) is 5.43. The summed E-state index contributed by atoms with van der Waals surface area (Å²) in [6, 6.07) is 23.1. The second kappa shape index (κ2) is 9.96. The normalized spacial score (nSPS) is 13.7. The van der Waals surface area contributed by atoms with E-state index >= 15 is 0 Å². The van der Waals surface area contributed by atoms with Crippen molar-refractivity contribution in [1.29, 1.82) is 0 Å². The number of anilines is 1. The lowest BCUT2D eigenvalue weighted by molar-refractivity contribution is -0.136. The van der Waals surface area contributed by atoms with Gasteiger partial charge in [0.15, 0.2) is 0 Å². The first kappa shape index (κ1) is 23.3. The number of carbonyl (C=O) groups is 2. The minimum atomic E-state index is -0.306. The van der Waals surface area contributed by atoms with Gasteiger partial charge in [-0.05, 0) is 74.6 Å². The van der Waals surface area contributed by atoms with Crippen molar-refractivity contribution in [2.75, 3.05) is 11.9 Å². The van der Waals surface area contributed by atoms with Gasteiger partial charge in [0.05, 0.1) is 11.7 Å². The van der Waals surface area contributed by atoms with E-state index in [4.69, 9.17) is 4.74 Å². The van der Waals surface area contributed by atoms with E-state index < -0.39 is 0 Å². The average Bonchev–Trinajstić information content (AvgIpc) is 3.05. The number of imide groups is 1. The molecule has 0 bridgehead atoms. The molecule has 5 nitrogen and oxygen atoms in total. The number of hydrogen-bond donors (Lipinski definition) is 1. The monoisotopic (exact) mass is 454 g/mol. The van der Waals surface area contributed by atoms with Crippen molar-refractivity contribution in [2.45, 2.75) is 40.2 Å². The maximum absolute atomic E-state index is 13.5. The molecule has 3 aromatic carbocycles. The summed E-state index contributed by atoms with van der Waals surface area (Å²) in [6.07, 6.45) is 0.651. The molecule has 1 aliphatic heterocycles. The molecule has 2 amide bonds. The highest BCUT2D eigenvalue weighted by Crippen LogP contribution is 2.32. The van der Waals surface area contributed by atoms with Gasteiger partial charge in [-0.1, -0.05) is 54.6 Å². The highest BCUT2D eigenvalue weighted by molar-refractivity contribution is 6.36. The standard InChI is InChI=1S/C29H30N2O3/c1-19(2)34-24-15-13-23(14-16-24)26-27(30-25-12-8-9-20(3)21(25)4)29(33)31(28(26)32)18-17-22-10-6-5-7-11-22/h5-16,19,30H,17-18H2,1-4H3. The van der Waals surface area contributed by atoms with Crippen LogP contribution in [0.25, 0.3) is 5.57 Å². The molecule has 0 unspecified atom stereocenters. The van der Waals surface area contributed by atoms with E-state index in [0.717, 1.165) is 28.1 Å². The zero-order valence-corrected chi connectivity index (χ0v) is 20.1. The van der Waals surface area contributed by atoms with Crippen molar-refractivity contribution >= 4 is 23.1 Å². The van der Waals surface area contributed by atoms with Gasteiger partial charge in [0.1, 0.15) is 11.4 Å². The first-order valence-corrected chi connectivity index (χ1v) is 11.6.